The fraction of sp³-hybridized carbons (Fsp3) is 0.508. The molecule has 3 heterocycles. The number of aromatic amines is 1. The average Bonchev–Trinajstić information content (AvgIpc) is 1.75. The summed E-state index contributed by atoms with van der Waals surface area (Å²) in [6.07, 6.45) is 4.78. The highest BCUT2D eigenvalue weighted by Crippen LogP contribution is 2.25. The van der Waals surface area contributed by atoms with Crippen molar-refractivity contribution in [2.45, 2.75) is 157 Å². The molecule has 3 aromatic carbocycles. The molecule has 19 N–H and O–H groups in total. The summed E-state index contributed by atoms with van der Waals surface area (Å²) in [5, 5.41) is 55.3. The largest absolute Gasteiger partial charge is 0.508 e. The number of nitrogens with two attached hydrogens (primary N) is 3. The van der Waals surface area contributed by atoms with Gasteiger partial charge in [-0.1, -0.05) is 70.5 Å². The summed E-state index contributed by atoms with van der Waals surface area (Å²) >= 11 is 1.33. The Hall–Kier alpha value is -8.59. The molecular formula is C65H90N14O15S3. The maximum Gasteiger partial charge on any atom is 0.303 e. The van der Waals surface area contributed by atoms with Gasteiger partial charge in [0.15, 0.2) is 0 Å². The molecule has 2 saturated heterocycles. The number of carbonyl (C=O) groups excluding carboxylic acids is 11. The minimum Gasteiger partial charge on any atom is -0.508 e. The molecule has 9 atom stereocenters. The van der Waals surface area contributed by atoms with Gasteiger partial charge in [0.1, 0.15) is 65.9 Å². The van der Waals surface area contributed by atoms with E-state index in [4.69, 9.17) is 17.2 Å². The first-order chi connectivity index (χ1) is 46.6. The number of fused-ring (bicyclic) bond motifs is 1. The normalized spacial score (nSPS) is 22.3. The van der Waals surface area contributed by atoms with E-state index in [0.717, 1.165) is 32.5 Å². The lowest BCUT2D eigenvalue weighted by atomic mass is 10.0. The number of primary amides is 1. The molecule has 11 amide bonds. The van der Waals surface area contributed by atoms with E-state index in [9.17, 15) is 68.1 Å². The molecule has 0 spiro atoms. The highest BCUT2D eigenvalue weighted by molar-refractivity contribution is 8.76. The van der Waals surface area contributed by atoms with Crippen molar-refractivity contribution in [3.63, 3.8) is 0 Å². The van der Waals surface area contributed by atoms with Gasteiger partial charge in [-0.25, -0.2) is 0 Å². The predicted octanol–water partition coefficient (Wildman–Crippen LogP) is 0.129. The highest BCUT2D eigenvalue weighted by Gasteiger charge is 2.38. The standard InChI is InChI=1S/C65H90N14O15S3/c1-95-31-26-47-60(89)75-48(32-38-15-19-41(80)20-16-38)61(90)72-45(12-6-7-27-66)58(87)69-29-8-2-3-14-54(82)71-50(34-40-35-70-44-11-5-4-10-43(40)44)63(92)73-46(23-24-56(84)85)59(88)77-51(57(68)86)36-96-97-37-52(64(93)74-47)78-62(91)49(33-39-17-21-42(81)22-18-39)76-65(94)53-13-9-30-79(53)55(83)25-28-67/h4-5,10-11,15-22,35,45-53,70,80-81H,2-3,6-9,12-14,23-34,36-37,66-67H2,1H3,(H2,68,86)(H,69,87)(H,71,82)(H,72,90)(H,73,92)(H,74,93)(H,75,89)(H,76,94)(H,77,88)(H,78,91)(H,84,85)/t45-,46-,47-,48-,49-,50-,51-,52-,53-/m0/s1. The molecule has 32 heteroatoms. The number of amides is 11. The van der Waals surface area contributed by atoms with Gasteiger partial charge in [0.05, 0.1) is 0 Å². The van der Waals surface area contributed by atoms with E-state index < -0.39 is 132 Å². The Morgan fingerprint density at radius 2 is 1.28 bits per heavy atom. The number of phenols is 2. The first-order valence-electron chi connectivity index (χ1n) is 32.3. The van der Waals surface area contributed by atoms with Crippen LogP contribution in [0.4, 0.5) is 0 Å². The summed E-state index contributed by atoms with van der Waals surface area (Å²) in [4.78, 5) is 173. The van der Waals surface area contributed by atoms with Gasteiger partial charge in [-0.05, 0) is 123 Å². The zero-order valence-corrected chi connectivity index (χ0v) is 56.6. The minimum absolute atomic E-state index is 0.0252. The molecule has 0 aliphatic carbocycles. The van der Waals surface area contributed by atoms with Crippen molar-refractivity contribution < 1.29 is 72.9 Å². The molecule has 1 aromatic heterocycles. The van der Waals surface area contributed by atoms with E-state index in [2.05, 4.69) is 52.8 Å². The maximum absolute atomic E-state index is 15.0. The molecule has 2 aliphatic heterocycles. The number of para-hydroxylation sites is 1. The third-order valence-corrected chi connectivity index (χ3v) is 19.4. The molecule has 0 bridgehead atoms. The summed E-state index contributed by atoms with van der Waals surface area (Å²) in [6.45, 7) is 0.718. The fourth-order valence-electron chi connectivity index (χ4n) is 11.0. The zero-order valence-electron chi connectivity index (χ0n) is 54.1. The number of rotatable bonds is 23. The average molecular weight is 1400 g/mol. The Kier molecular flexibility index (Phi) is 32.1. The van der Waals surface area contributed by atoms with E-state index in [-0.39, 0.29) is 106 Å². The van der Waals surface area contributed by atoms with Crippen LogP contribution in [0.15, 0.2) is 79.0 Å². The molecular weight excluding hydrogens is 1310 g/mol. The Morgan fingerprint density at radius 1 is 0.660 bits per heavy atom. The van der Waals surface area contributed by atoms with E-state index in [0.29, 0.717) is 61.8 Å². The van der Waals surface area contributed by atoms with Crippen LogP contribution in [0.1, 0.15) is 100 Å². The van der Waals surface area contributed by atoms with Crippen LogP contribution in [0.2, 0.25) is 0 Å². The number of hydrogen-bond donors (Lipinski definition) is 16. The molecule has 6 rings (SSSR count). The van der Waals surface area contributed by atoms with Crippen LogP contribution >= 0.6 is 33.3 Å². The smallest absolute Gasteiger partial charge is 0.303 e. The van der Waals surface area contributed by atoms with Crippen LogP contribution in [-0.4, -0.2) is 200 Å². The van der Waals surface area contributed by atoms with Crippen molar-refractivity contribution in [1.29, 1.82) is 0 Å². The number of phenolic OH excluding ortho intramolecular Hbond substituents is 2. The molecule has 0 unspecified atom stereocenters. The van der Waals surface area contributed by atoms with Crippen molar-refractivity contribution in [2.75, 3.05) is 49.7 Å². The van der Waals surface area contributed by atoms with Crippen LogP contribution in [0.3, 0.4) is 0 Å². The maximum atomic E-state index is 15.0. The second-order valence-corrected chi connectivity index (χ2v) is 27.2. The van der Waals surface area contributed by atoms with Crippen molar-refractivity contribution in [3.05, 3.63) is 95.7 Å². The van der Waals surface area contributed by atoms with Gasteiger partial charge in [0, 0.05) is 86.8 Å². The zero-order chi connectivity index (χ0) is 70.4. The SMILES string of the molecule is CSCC[C@@H]1NC(=O)[C@@H](NC(=O)[C@H](Cc2ccc(O)cc2)NC(=O)[C@@H]2CCCN2C(=O)CCN)CSSC[C@@H](C(N)=O)NC(=O)[C@H](CCC(=O)O)NC(=O)[C@H](Cc2c[nH]c3ccccc23)NC(=O)CCCCCNC(=O)[C@H](CCCCN)NC(=O)[C@H](Cc2ccc(O)cc2)NC1=O. The molecule has 0 saturated carbocycles. The lowest BCUT2D eigenvalue weighted by Gasteiger charge is -2.28. The van der Waals surface area contributed by atoms with Crippen LogP contribution in [0.5, 0.6) is 11.5 Å². The third-order valence-electron chi connectivity index (χ3n) is 16.3. The Bertz CT molecular complexity index is 3350. The monoisotopic (exact) mass is 1400 g/mol. The molecule has 97 heavy (non-hydrogen) atoms. The number of aliphatic carboxylic acids is 1. The van der Waals surface area contributed by atoms with E-state index >= 15 is 4.79 Å². The first-order valence-corrected chi connectivity index (χ1v) is 36.2. The van der Waals surface area contributed by atoms with Crippen LogP contribution in [-0.2, 0) is 76.8 Å². The summed E-state index contributed by atoms with van der Waals surface area (Å²) in [5.74, 6) is -10.3. The van der Waals surface area contributed by atoms with E-state index in [1.165, 1.54) is 53.1 Å². The number of carbonyl (C=O) groups is 12. The first kappa shape index (κ1) is 77.4. The molecule has 2 fully saturated rings. The Labute approximate surface area is 574 Å². The number of aromatic nitrogens is 1. The number of benzene rings is 3. The molecule has 0 radical (unpaired) electrons. The van der Waals surface area contributed by atoms with Crippen molar-refractivity contribution in [1.82, 2.24) is 57.7 Å². The topological polar surface area (TPSA) is 471 Å². The number of carboxylic acids is 1. The number of aromatic hydroxyl groups is 2. The lowest BCUT2D eigenvalue weighted by Crippen LogP contribution is -2.60. The highest BCUT2D eigenvalue weighted by atomic mass is 33.1. The number of likely N-dealkylation sites (tertiary alicyclic amines) is 1. The number of unbranched alkanes of at least 4 members (excludes halogenated alkanes) is 1. The van der Waals surface area contributed by atoms with E-state index in [1.54, 1.807) is 30.7 Å². The van der Waals surface area contributed by atoms with Gasteiger partial charge in [-0.3, -0.25) is 57.5 Å². The Morgan fingerprint density at radius 3 is 1.95 bits per heavy atom. The molecule has 2 aliphatic rings. The summed E-state index contributed by atoms with van der Waals surface area (Å²) in [6, 6.07) is 6.60. The summed E-state index contributed by atoms with van der Waals surface area (Å²) in [7, 11) is 1.82. The molecule has 29 nitrogen and oxygen atoms in total. The number of thioether (sulfide) groups is 1. The summed E-state index contributed by atoms with van der Waals surface area (Å²) in [5.41, 5.74) is 19.7. The van der Waals surface area contributed by atoms with Crippen molar-refractivity contribution in [2.24, 2.45) is 17.2 Å². The fourth-order valence-corrected chi connectivity index (χ4v) is 13.8. The van der Waals surface area contributed by atoms with E-state index in [1.807, 2.05) is 18.2 Å². The predicted molar refractivity (Wildman–Crippen MR) is 368 cm³/mol. The second-order valence-electron chi connectivity index (χ2n) is 23.7. The van der Waals surface area contributed by atoms with Crippen LogP contribution < -0.4 is 65.1 Å². The van der Waals surface area contributed by atoms with Gasteiger partial charge in [-0.2, -0.15) is 11.8 Å². The lowest BCUT2D eigenvalue weighted by molar-refractivity contribution is -0.139. The minimum atomic E-state index is -1.59. The number of nitrogens with zero attached hydrogens (tertiary/aromatic N) is 1. The van der Waals surface area contributed by atoms with Crippen molar-refractivity contribution >= 4 is 115 Å². The summed E-state index contributed by atoms with van der Waals surface area (Å²) < 4.78 is 0. The van der Waals surface area contributed by atoms with Crippen LogP contribution in [0, 0.1) is 0 Å². The number of hydrogen-bond acceptors (Lipinski definition) is 19. The number of carboxylic acid groups (broad SMARTS) is 1. The van der Waals surface area contributed by atoms with Gasteiger partial charge < -0.3 is 90.3 Å². The third kappa shape index (κ3) is 25.4. The van der Waals surface area contributed by atoms with Gasteiger partial charge in [0.25, 0.3) is 0 Å². The number of nitrogens with one attached hydrogen (secondary N) is 10. The second kappa shape index (κ2) is 40.2. The van der Waals surface area contributed by atoms with Crippen LogP contribution in [0.25, 0.3) is 10.9 Å². The Balaban J connectivity index is 1.36. The molecule has 528 valence electrons. The molecule has 4 aromatic rings. The quantitative estimate of drug-likeness (QED) is 0.0347. The van der Waals surface area contributed by atoms with Crippen molar-refractivity contribution in [3.8, 4) is 11.5 Å². The number of H-pyrrole nitrogens is 1. The van der Waals surface area contributed by atoms with Gasteiger partial charge >= 0.3 is 5.97 Å². The van der Waals surface area contributed by atoms with Gasteiger partial charge in [0.2, 0.25) is 65.0 Å². The van der Waals surface area contributed by atoms with Gasteiger partial charge in [-0.15, -0.1) is 0 Å².